The molecule has 0 aliphatic heterocycles. The highest BCUT2D eigenvalue weighted by Crippen LogP contribution is 2.34. The fourth-order valence-electron chi connectivity index (χ4n) is 3.22. The van der Waals surface area contributed by atoms with Crippen molar-refractivity contribution in [3.63, 3.8) is 0 Å². The molecule has 0 saturated carbocycles. The number of unbranched alkanes of at least 4 members (excludes halogenated alkanes) is 2. The van der Waals surface area contributed by atoms with Gasteiger partial charge in [0.25, 0.3) is 5.56 Å². The summed E-state index contributed by atoms with van der Waals surface area (Å²) >= 11 is 0. The van der Waals surface area contributed by atoms with Crippen molar-refractivity contribution in [3.8, 4) is 11.5 Å². The van der Waals surface area contributed by atoms with Gasteiger partial charge in [0.2, 0.25) is 0 Å². The number of aromatic nitrogens is 1. The molecule has 0 unspecified atom stereocenters. The molecule has 0 radical (unpaired) electrons. The van der Waals surface area contributed by atoms with Crippen molar-refractivity contribution in [1.82, 2.24) is 4.57 Å². The van der Waals surface area contributed by atoms with E-state index in [1.165, 1.54) is 5.56 Å². The number of ether oxygens (including phenoxy) is 2. The summed E-state index contributed by atoms with van der Waals surface area (Å²) in [5, 5.41) is 1.48. The van der Waals surface area contributed by atoms with Crippen LogP contribution in [0.3, 0.4) is 0 Å². The lowest BCUT2D eigenvalue weighted by Gasteiger charge is -2.14. The van der Waals surface area contributed by atoms with Crippen molar-refractivity contribution >= 4 is 10.8 Å². The molecule has 27 heavy (non-hydrogen) atoms. The molecule has 0 bridgehead atoms. The molecule has 2 aromatic carbocycles. The highest BCUT2D eigenvalue weighted by atomic mass is 16.5. The summed E-state index contributed by atoms with van der Waals surface area (Å²) in [6.07, 6.45) is 5.93. The van der Waals surface area contributed by atoms with Gasteiger partial charge in [0.05, 0.1) is 19.1 Å². The van der Waals surface area contributed by atoms with Gasteiger partial charge in [-0.2, -0.15) is 0 Å². The molecular weight excluding hydrogens is 338 g/mol. The van der Waals surface area contributed by atoms with E-state index in [1.807, 2.05) is 42.6 Å². The van der Waals surface area contributed by atoms with E-state index in [0.29, 0.717) is 30.0 Å². The van der Waals surface area contributed by atoms with Gasteiger partial charge < -0.3 is 14.0 Å². The van der Waals surface area contributed by atoms with Gasteiger partial charge in [-0.1, -0.05) is 50.1 Å². The number of hydrogen-bond acceptors (Lipinski definition) is 3. The number of nitrogens with zero attached hydrogens (tertiary/aromatic N) is 1. The Morgan fingerprint density at radius 2 is 1.78 bits per heavy atom. The van der Waals surface area contributed by atoms with E-state index in [9.17, 15) is 4.79 Å². The Morgan fingerprint density at radius 3 is 2.52 bits per heavy atom. The lowest BCUT2D eigenvalue weighted by Crippen LogP contribution is -2.20. The topological polar surface area (TPSA) is 40.5 Å². The van der Waals surface area contributed by atoms with Crippen molar-refractivity contribution in [1.29, 1.82) is 0 Å². The van der Waals surface area contributed by atoms with E-state index < -0.39 is 0 Å². The summed E-state index contributed by atoms with van der Waals surface area (Å²) in [5.74, 6) is 1.33. The maximum Gasteiger partial charge on any atom is 0.258 e. The Kier molecular flexibility index (Phi) is 6.53. The Bertz CT molecular complexity index is 932. The van der Waals surface area contributed by atoms with Crippen LogP contribution in [0.1, 0.15) is 31.7 Å². The third kappa shape index (κ3) is 4.51. The standard InChI is InChI=1S/C23H27NO3/c1-3-4-8-17-27-22-19-14-16-24(15-13-18-9-6-5-7-10-18)23(25)20(19)11-12-21(22)26-2/h5-7,9-12,14,16H,3-4,8,13,15,17H2,1-2H3. The van der Waals surface area contributed by atoms with Gasteiger partial charge in [-0.15, -0.1) is 0 Å². The fourth-order valence-corrected chi connectivity index (χ4v) is 3.22. The molecule has 3 rings (SSSR count). The van der Waals surface area contributed by atoms with Crippen LogP contribution in [0.25, 0.3) is 10.8 Å². The van der Waals surface area contributed by atoms with E-state index in [1.54, 1.807) is 11.7 Å². The fraction of sp³-hybridized carbons (Fsp3) is 0.348. The second-order valence-corrected chi connectivity index (χ2v) is 6.66. The van der Waals surface area contributed by atoms with Crippen LogP contribution in [0.15, 0.2) is 59.5 Å². The molecule has 0 aliphatic carbocycles. The lowest BCUT2D eigenvalue weighted by molar-refractivity contribution is 0.289. The zero-order chi connectivity index (χ0) is 19.1. The molecule has 4 heteroatoms. The minimum Gasteiger partial charge on any atom is -0.493 e. The van der Waals surface area contributed by atoms with E-state index in [4.69, 9.17) is 9.47 Å². The molecule has 1 heterocycles. The zero-order valence-electron chi connectivity index (χ0n) is 16.1. The molecule has 0 N–H and O–H groups in total. The summed E-state index contributed by atoms with van der Waals surface area (Å²) in [7, 11) is 1.63. The lowest BCUT2D eigenvalue weighted by atomic mass is 10.1. The Balaban J connectivity index is 1.87. The molecule has 3 aromatic rings. The molecule has 4 nitrogen and oxygen atoms in total. The average Bonchev–Trinajstić information content (AvgIpc) is 2.71. The molecule has 142 valence electrons. The van der Waals surface area contributed by atoms with Gasteiger partial charge in [-0.25, -0.2) is 0 Å². The number of fused-ring (bicyclic) bond motifs is 1. The smallest absolute Gasteiger partial charge is 0.258 e. The molecule has 0 fully saturated rings. The molecule has 0 aliphatic rings. The van der Waals surface area contributed by atoms with E-state index in [-0.39, 0.29) is 5.56 Å². The first-order chi connectivity index (χ1) is 13.2. The largest absolute Gasteiger partial charge is 0.493 e. The summed E-state index contributed by atoms with van der Waals surface area (Å²) in [4.78, 5) is 12.9. The van der Waals surface area contributed by atoms with Gasteiger partial charge in [-0.05, 0) is 36.6 Å². The number of hydrogen-bond donors (Lipinski definition) is 0. The van der Waals surface area contributed by atoms with Gasteiger partial charge in [0.1, 0.15) is 0 Å². The molecule has 0 spiro atoms. The number of rotatable bonds is 9. The molecule has 0 atom stereocenters. The molecule has 1 aromatic heterocycles. The van der Waals surface area contributed by atoms with Gasteiger partial charge in [-0.3, -0.25) is 4.79 Å². The quantitative estimate of drug-likeness (QED) is 0.510. The average molecular weight is 365 g/mol. The third-order valence-electron chi connectivity index (χ3n) is 4.77. The van der Waals surface area contributed by atoms with Crippen LogP contribution in [-0.2, 0) is 13.0 Å². The first-order valence-electron chi connectivity index (χ1n) is 9.61. The number of benzene rings is 2. The Morgan fingerprint density at radius 1 is 0.963 bits per heavy atom. The van der Waals surface area contributed by atoms with Crippen molar-refractivity contribution in [2.75, 3.05) is 13.7 Å². The van der Waals surface area contributed by atoms with Crippen LogP contribution >= 0.6 is 0 Å². The van der Waals surface area contributed by atoms with Crippen LogP contribution in [0, 0.1) is 0 Å². The van der Waals surface area contributed by atoms with Crippen LogP contribution in [0.4, 0.5) is 0 Å². The van der Waals surface area contributed by atoms with Crippen molar-refractivity contribution < 1.29 is 9.47 Å². The van der Waals surface area contributed by atoms with Crippen LogP contribution in [0.5, 0.6) is 11.5 Å². The summed E-state index contributed by atoms with van der Waals surface area (Å²) in [5.41, 5.74) is 1.23. The van der Waals surface area contributed by atoms with Crippen molar-refractivity contribution in [3.05, 3.63) is 70.6 Å². The highest BCUT2D eigenvalue weighted by molar-refractivity contribution is 5.90. The minimum atomic E-state index is 0.00416. The van der Waals surface area contributed by atoms with Gasteiger partial charge in [0.15, 0.2) is 11.5 Å². The molecular formula is C23H27NO3. The first kappa shape index (κ1) is 19.0. The van der Waals surface area contributed by atoms with Gasteiger partial charge >= 0.3 is 0 Å². The summed E-state index contributed by atoms with van der Waals surface area (Å²) in [6, 6.07) is 15.8. The predicted octanol–water partition coefficient (Wildman–Crippen LogP) is 4.82. The number of methoxy groups -OCH3 is 1. The monoisotopic (exact) mass is 365 g/mol. The summed E-state index contributed by atoms with van der Waals surface area (Å²) in [6.45, 7) is 3.44. The van der Waals surface area contributed by atoms with E-state index in [0.717, 1.165) is 31.1 Å². The van der Waals surface area contributed by atoms with E-state index >= 15 is 0 Å². The highest BCUT2D eigenvalue weighted by Gasteiger charge is 2.13. The maximum absolute atomic E-state index is 12.9. The molecule has 0 saturated heterocycles. The Hall–Kier alpha value is -2.75. The number of pyridine rings is 1. The van der Waals surface area contributed by atoms with Crippen molar-refractivity contribution in [2.45, 2.75) is 39.2 Å². The first-order valence-corrected chi connectivity index (χ1v) is 9.61. The second-order valence-electron chi connectivity index (χ2n) is 6.66. The SMILES string of the molecule is CCCCCOc1c(OC)ccc2c(=O)n(CCc3ccccc3)ccc12. The minimum absolute atomic E-state index is 0.00416. The van der Waals surface area contributed by atoms with Crippen LogP contribution in [0.2, 0.25) is 0 Å². The maximum atomic E-state index is 12.9. The van der Waals surface area contributed by atoms with Crippen LogP contribution < -0.4 is 15.0 Å². The normalized spacial score (nSPS) is 10.9. The molecule has 0 amide bonds. The van der Waals surface area contributed by atoms with Crippen LogP contribution in [-0.4, -0.2) is 18.3 Å². The van der Waals surface area contributed by atoms with E-state index in [2.05, 4.69) is 19.1 Å². The third-order valence-corrected chi connectivity index (χ3v) is 4.77. The predicted molar refractivity (Wildman–Crippen MR) is 110 cm³/mol. The Labute approximate surface area is 160 Å². The second kappa shape index (κ2) is 9.26. The van der Waals surface area contributed by atoms with Gasteiger partial charge in [0, 0.05) is 18.1 Å². The summed E-state index contributed by atoms with van der Waals surface area (Å²) < 4.78 is 13.2. The number of aryl methyl sites for hydroxylation is 2. The van der Waals surface area contributed by atoms with Crippen molar-refractivity contribution in [2.24, 2.45) is 0 Å². The zero-order valence-corrected chi connectivity index (χ0v) is 16.1.